The lowest BCUT2D eigenvalue weighted by molar-refractivity contribution is 0.0993. The highest BCUT2D eigenvalue weighted by molar-refractivity contribution is 6.31. The summed E-state index contributed by atoms with van der Waals surface area (Å²) in [5, 5.41) is -0.0365. The molecule has 0 radical (unpaired) electrons. The van der Waals surface area contributed by atoms with Gasteiger partial charge < -0.3 is 0 Å². The first-order valence-corrected chi connectivity index (χ1v) is 5.42. The molecule has 17 heavy (non-hydrogen) atoms. The number of carbonyl (C=O) groups is 1. The lowest BCUT2D eigenvalue weighted by Crippen LogP contribution is -2.03. The lowest BCUT2D eigenvalue weighted by atomic mass is 10.0. The summed E-state index contributed by atoms with van der Waals surface area (Å²) in [6, 6.07) is 7.51. The van der Waals surface area contributed by atoms with E-state index in [2.05, 4.69) is 4.98 Å². The third-order valence-corrected chi connectivity index (χ3v) is 2.65. The molecule has 0 N–H and O–H groups in total. The van der Waals surface area contributed by atoms with Gasteiger partial charge in [0.2, 0.25) is 0 Å². The first-order valence-electron chi connectivity index (χ1n) is 5.04. The van der Waals surface area contributed by atoms with Crippen molar-refractivity contribution in [1.82, 2.24) is 4.98 Å². The molecule has 0 saturated heterocycles. The molecule has 0 amide bonds. The third kappa shape index (κ3) is 2.88. The first-order chi connectivity index (χ1) is 8.16. The summed E-state index contributed by atoms with van der Waals surface area (Å²) in [6.07, 6.45) is 3.50. The summed E-state index contributed by atoms with van der Waals surface area (Å²) in [4.78, 5) is 15.7. The second kappa shape index (κ2) is 5.06. The Kier molecular flexibility index (Phi) is 3.49. The SMILES string of the molecule is O=C(Cc1ccncc1)c1ccc(F)c(Cl)c1. The summed E-state index contributed by atoms with van der Waals surface area (Å²) in [7, 11) is 0. The molecule has 2 nitrogen and oxygen atoms in total. The highest BCUT2D eigenvalue weighted by Gasteiger charge is 2.09. The predicted molar refractivity (Wildman–Crippen MR) is 63.7 cm³/mol. The van der Waals surface area contributed by atoms with E-state index < -0.39 is 5.82 Å². The first kappa shape index (κ1) is 11.7. The van der Waals surface area contributed by atoms with Gasteiger partial charge in [0.05, 0.1) is 5.02 Å². The molecule has 0 saturated carbocycles. The zero-order valence-electron chi connectivity index (χ0n) is 8.86. The van der Waals surface area contributed by atoms with Crippen LogP contribution in [0.3, 0.4) is 0 Å². The number of Topliss-reactive ketones (excluding diaryl/α,β-unsaturated/α-hetero) is 1. The molecule has 0 aliphatic rings. The van der Waals surface area contributed by atoms with E-state index in [9.17, 15) is 9.18 Å². The average molecular weight is 250 g/mol. The maximum atomic E-state index is 12.9. The van der Waals surface area contributed by atoms with Crippen LogP contribution < -0.4 is 0 Å². The summed E-state index contributed by atoms with van der Waals surface area (Å²) in [5.74, 6) is -0.620. The van der Waals surface area contributed by atoms with E-state index in [4.69, 9.17) is 11.6 Å². The van der Waals surface area contributed by atoms with E-state index in [0.717, 1.165) is 5.56 Å². The molecule has 0 atom stereocenters. The smallest absolute Gasteiger partial charge is 0.167 e. The van der Waals surface area contributed by atoms with E-state index in [1.54, 1.807) is 24.5 Å². The zero-order chi connectivity index (χ0) is 12.3. The number of hydrogen-bond acceptors (Lipinski definition) is 2. The molecule has 1 heterocycles. The van der Waals surface area contributed by atoms with Gasteiger partial charge in [0.1, 0.15) is 5.82 Å². The lowest BCUT2D eigenvalue weighted by Gasteiger charge is -2.02. The Labute approximate surface area is 103 Å². The maximum Gasteiger partial charge on any atom is 0.167 e. The van der Waals surface area contributed by atoms with E-state index >= 15 is 0 Å². The number of nitrogens with zero attached hydrogens (tertiary/aromatic N) is 1. The second-order valence-electron chi connectivity index (χ2n) is 3.58. The summed E-state index contributed by atoms with van der Waals surface area (Å²) in [6.45, 7) is 0. The van der Waals surface area contributed by atoms with Crippen LogP contribution in [0.4, 0.5) is 4.39 Å². The number of benzene rings is 1. The number of rotatable bonds is 3. The van der Waals surface area contributed by atoms with Crippen molar-refractivity contribution >= 4 is 17.4 Å². The third-order valence-electron chi connectivity index (χ3n) is 2.36. The number of carbonyl (C=O) groups excluding carboxylic acids is 1. The van der Waals surface area contributed by atoms with Crippen molar-refractivity contribution in [1.29, 1.82) is 0 Å². The number of hydrogen-bond donors (Lipinski definition) is 0. The fraction of sp³-hybridized carbons (Fsp3) is 0.0769. The molecule has 1 aromatic carbocycles. The molecule has 0 spiro atoms. The van der Waals surface area contributed by atoms with Crippen LogP contribution in [0.25, 0.3) is 0 Å². The quantitative estimate of drug-likeness (QED) is 0.782. The van der Waals surface area contributed by atoms with Crippen molar-refractivity contribution < 1.29 is 9.18 Å². The minimum absolute atomic E-state index is 0.0365. The van der Waals surface area contributed by atoms with Crippen LogP contribution in [0.2, 0.25) is 5.02 Å². The monoisotopic (exact) mass is 249 g/mol. The van der Waals surface area contributed by atoms with Gasteiger partial charge in [-0.05, 0) is 35.9 Å². The van der Waals surface area contributed by atoms with Gasteiger partial charge in [-0.3, -0.25) is 9.78 Å². The fourth-order valence-electron chi connectivity index (χ4n) is 1.46. The Bertz CT molecular complexity index is 542. The molecular weight excluding hydrogens is 241 g/mol. The number of aromatic nitrogens is 1. The Morgan fingerprint density at radius 3 is 2.59 bits per heavy atom. The van der Waals surface area contributed by atoms with Gasteiger partial charge in [0, 0.05) is 24.4 Å². The summed E-state index contributed by atoms with van der Waals surface area (Å²) in [5.41, 5.74) is 1.28. The molecule has 0 aliphatic carbocycles. The van der Waals surface area contributed by atoms with Crippen LogP contribution in [0.15, 0.2) is 42.7 Å². The topological polar surface area (TPSA) is 30.0 Å². The zero-order valence-corrected chi connectivity index (χ0v) is 9.62. The van der Waals surface area contributed by atoms with Crippen molar-refractivity contribution in [2.45, 2.75) is 6.42 Å². The van der Waals surface area contributed by atoms with Crippen LogP contribution in [0.1, 0.15) is 15.9 Å². The van der Waals surface area contributed by atoms with Gasteiger partial charge in [0.25, 0.3) is 0 Å². The number of pyridine rings is 1. The fourth-order valence-corrected chi connectivity index (χ4v) is 1.64. The van der Waals surface area contributed by atoms with E-state index in [1.807, 2.05) is 0 Å². The molecule has 0 fully saturated rings. The van der Waals surface area contributed by atoms with Gasteiger partial charge in [-0.1, -0.05) is 11.6 Å². The average Bonchev–Trinajstić information content (AvgIpc) is 2.34. The molecule has 86 valence electrons. The highest BCUT2D eigenvalue weighted by Crippen LogP contribution is 2.17. The Balaban J connectivity index is 2.18. The summed E-state index contributed by atoms with van der Waals surface area (Å²) >= 11 is 5.62. The van der Waals surface area contributed by atoms with Crippen molar-refractivity contribution in [3.05, 3.63) is 64.7 Å². The van der Waals surface area contributed by atoms with E-state index in [-0.39, 0.29) is 17.2 Å². The van der Waals surface area contributed by atoms with Crippen LogP contribution in [0, 0.1) is 5.82 Å². The van der Waals surface area contributed by atoms with Crippen LogP contribution in [-0.2, 0) is 6.42 Å². The maximum absolute atomic E-state index is 12.9. The Hall–Kier alpha value is -1.74. The molecule has 0 bridgehead atoms. The predicted octanol–water partition coefficient (Wildman–Crippen LogP) is 3.30. The normalized spacial score (nSPS) is 10.2. The molecule has 0 unspecified atom stereocenters. The van der Waals surface area contributed by atoms with Crippen LogP contribution in [0.5, 0.6) is 0 Å². The molecule has 0 aliphatic heterocycles. The van der Waals surface area contributed by atoms with E-state index in [0.29, 0.717) is 5.56 Å². The molecular formula is C13H9ClFNO. The van der Waals surface area contributed by atoms with Crippen molar-refractivity contribution in [3.63, 3.8) is 0 Å². The highest BCUT2D eigenvalue weighted by atomic mass is 35.5. The largest absolute Gasteiger partial charge is 0.294 e. The Morgan fingerprint density at radius 2 is 1.94 bits per heavy atom. The van der Waals surface area contributed by atoms with Gasteiger partial charge in [-0.25, -0.2) is 4.39 Å². The van der Waals surface area contributed by atoms with Crippen LogP contribution >= 0.6 is 11.6 Å². The molecule has 2 rings (SSSR count). The van der Waals surface area contributed by atoms with Crippen molar-refractivity contribution in [2.24, 2.45) is 0 Å². The van der Waals surface area contributed by atoms with Gasteiger partial charge in [-0.2, -0.15) is 0 Å². The molecule has 1 aromatic heterocycles. The minimum Gasteiger partial charge on any atom is -0.294 e. The van der Waals surface area contributed by atoms with Gasteiger partial charge in [0.15, 0.2) is 5.78 Å². The van der Waals surface area contributed by atoms with Crippen molar-refractivity contribution in [2.75, 3.05) is 0 Å². The van der Waals surface area contributed by atoms with Gasteiger partial charge >= 0.3 is 0 Å². The number of halogens is 2. The standard InChI is InChI=1S/C13H9ClFNO/c14-11-8-10(1-2-12(11)15)13(17)7-9-3-5-16-6-4-9/h1-6,8H,7H2. The Morgan fingerprint density at radius 1 is 1.24 bits per heavy atom. The van der Waals surface area contributed by atoms with E-state index in [1.165, 1.54) is 18.2 Å². The second-order valence-corrected chi connectivity index (χ2v) is 3.99. The van der Waals surface area contributed by atoms with Crippen molar-refractivity contribution in [3.8, 4) is 0 Å². The molecule has 4 heteroatoms. The minimum atomic E-state index is -0.521. The summed E-state index contributed by atoms with van der Waals surface area (Å²) < 4.78 is 12.9. The van der Waals surface area contributed by atoms with Crippen LogP contribution in [-0.4, -0.2) is 10.8 Å². The van der Waals surface area contributed by atoms with Gasteiger partial charge in [-0.15, -0.1) is 0 Å². The number of ketones is 1. The molecule has 2 aromatic rings.